The summed E-state index contributed by atoms with van der Waals surface area (Å²) in [5, 5.41) is 11.6. The molecule has 1 saturated carbocycles. The zero-order valence-corrected chi connectivity index (χ0v) is 10.8. The molecule has 0 saturated heterocycles. The largest absolute Gasteiger partial charge is 0.477 e. The Kier molecular flexibility index (Phi) is 4.49. The molecule has 0 bridgehead atoms. The predicted octanol–water partition coefficient (Wildman–Crippen LogP) is 2.69. The molecule has 102 valence electrons. The van der Waals surface area contributed by atoms with Crippen LogP contribution in [-0.2, 0) is 4.79 Å². The number of aromatic carboxylic acids is 1. The Balaban J connectivity index is 1.90. The number of carbonyl (C=O) groups excluding carboxylic acids is 1. The first-order valence-electron chi connectivity index (χ1n) is 6.64. The highest BCUT2D eigenvalue weighted by molar-refractivity contribution is 5.93. The molecular formula is C14H18N2O3. The van der Waals surface area contributed by atoms with Gasteiger partial charge in [0.2, 0.25) is 5.91 Å². The number of carbonyl (C=O) groups is 2. The van der Waals surface area contributed by atoms with Gasteiger partial charge in [-0.3, -0.25) is 4.79 Å². The zero-order chi connectivity index (χ0) is 13.7. The molecule has 0 aromatic carbocycles. The predicted molar refractivity (Wildman–Crippen MR) is 71.0 cm³/mol. The molecule has 1 aromatic rings. The van der Waals surface area contributed by atoms with Gasteiger partial charge in [-0.1, -0.05) is 19.3 Å². The van der Waals surface area contributed by atoms with E-state index >= 15 is 0 Å². The van der Waals surface area contributed by atoms with E-state index in [0.717, 1.165) is 12.8 Å². The maximum Gasteiger partial charge on any atom is 0.354 e. The van der Waals surface area contributed by atoms with Crippen molar-refractivity contribution in [1.29, 1.82) is 0 Å². The number of nitrogens with zero attached hydrogens (tertiary/aromatic N) is 1. The standard InChI is InChI=1S/C14H18N2O3/c17-13(8-10-4-2-1-3-5-10)16-11-6-7-15-12(9-11)14(18)19/h6-7,9-10H,1-5,8H2,(H,18,19)(H,15,16,17). The Morgan fingerprint density at radius 3 is 2.74 bits per heavy atom. The van der Waals surface area contributed by atoms with Gasteiger partial charge in [-0.2, -0.15) is 0 Å². The van der Waals surface area contributed by atoms with Crippen LogP contribution in [0.4, 0.5) is 5.69 Å². The number of pyridine rings is 1. The number of carboxylic acids is 1. The van der Waals surface area contributed by atoms with Crippen molar-refractivity contribution in [2.45, 2.75) is 38.5 Å². The van der Waals surface area contributed by atoms with Gasteiger partial charge in [0.25, 0.3) is 0 Å². The summed E-state index contributed by atoms with van der Waals surface area (Å²) in [6.45, 7) is 0. The smallest absolute Gasteiger partial charge is 0.354 e. The van der Waals surface area contributed by atoms with Crippen LogP contribution in [0, 0.1) is 5.92 Å². The topological polar surface area (TPSA) is 79.3 Å². The summed E-state index contributed by atoms with van der Waals surface area (Å²) in [7, 11) is 0. The highest BCUT2D eigenvalue weighted by Crippen LogP contribution is 2.26. The van der Waals surface area contributed by atoms with E-state index in [1.54, 1.807) is 6.07 Å². The minimum absolute atomic E-state index is 0.0468. The van der Waals surface area contributed by atoms with E-state index in [-0.39, 0.29) is 11.6 Å². The minimum atomic E-state index is -1.09. The average molecular weight is 262 g/mol. The number of hydrogen-bond donors (Lipinski definition) is 2. The lowest BCUT2D eigenvalue weighted by molar-refractivity contribution is -0.117. The van der Waals surface area contributed by atoms with Crippen LogP contribution >= 0.6 is 0 Å². The van der Waals surface area contributed by atoms with Gasteiger partial charge in [-0.15, -0.1) is 0 Å². The number of anilines is 1. The van der Waals surface area contributed by atoms with Crippen molar-refractivity contribution < 1.29 is 14.7 Å². The number of nitrogens with one attached hydrogen (secondary N) is 1. The molecule has 1 amide bonds. The quantitative estimate of drug-likeness (QED) is 0.874. The molecule has 1 heterocycles. The minimum Gasteiger partial charge on any atom is -0.477 e. The SMILES string of the molecule is O=C(CC1CCCCC1)Nc1ccnc(C(=O)O)c1. The van der Waals surface area contributed by atoms with Crippen LogP contribution < -0.4 is 5.32 Å². The lowest BCUT2D eigenvalue weighted by atomic mass is 9.87. The molecule has 1 aliphatic rings. The highest BCUT2D eigenvalue weighted by atomic mass is 16.4. The maximum absolute atomic E-state index is 11.9. The van der Waals surface area contributed by atoms with Gasteiger partial charge >= 0.3 is 5.97 Å². The van der Waals surface area contributed by atoms with Crippen LogP contribution in [0.1, 0.15) is 49.0 Å². The van der Waals surface area contributed by atoms with Gasteiger partial charge in [-0.05, 0) is 30.9 Å². The summed E-state index contributed by atoms with van der Waals surface area (Å²) in [5.41, 5.74) is 0.434. The molecule has 0 radical (unpaired) electrons. The summed E-state index contributed by atoms with van der Waals surface area (Å²) < 4.78 is 0. The monoisotopic (exact) mass is 262 g/mol. The average Bonchev–Trinajstić information content (AvgIpc) is 2.40. The van der Waals surface area contributed by atoms with Crippen molar-refractivity contribution in [3.63, 3.8) is 0 Å². The van der Waals surface area contributed by atoms with Crippen LogP contribution in [0.5, 0.6) is 0 Å². The van der Waals surface area contributed by atoms with Crippen molar-refractivity contribution in [2.75, 3.05) is 5.32 Å². The normalized spacial score (nSPS) is 16.0. The number of hydrogen-bond acceptors (Lipinski definition) is 3. The number of carboxylic acid groups (broad SMARTS) is 1. The molecule has 0 aliphatic heterocycles. The molecular weight excluding hydrogens is 244 g/mol. The molecule has 1 fully saturated rings. The third-order valence-electron chi connectivity index (χ3n) is 3.46. The summed E-state index contributed by atoms with van der Waals surface area (Å²) in [6, 6.07) is 2.98. The first kappa shape index (κ1) is 13.5. The van der Waals surface area contributed by atoms with Crippen molar-refractivity contribution in [3.8, 4) is 0 Å². The van der Waals surface area contributed by atoms with E-state index in [9.17, 15) is 9.59 Å². The molecule has 2 N–H and O–H groups in total. The van der Waals surface area contributed by atoms with Gasteiger partial charge in [0, 0.05) is 18.3 Å². The first-order valence-corrected chi connectivity index (χ1v) is 6.64. The summed E-state index contributed by atoms with van der Waals surface area (Å²) >= 11 is 0. The Labute approximate surface area is 112 Å². The third kappa shape index (κ3) is 4.05. The molecule has 0 unspecified atom stereocenters. The molecule has 1 aliphatic carbocycles. The second-order valence-corrected chi connectivity index (χ2v) is 4.99. The molecule has 0 atom stereocenters. The third-order valence-corrected chi connectivity index (χ3v) is 3.46. The van der Waals surface area contributed by atoms with Crippen molar-refractivity contribution in [3.05, 3.63) is 24.0 Å². The zero-order valence-electron chi connectivity index (χ0n) is 10.8. The molecule has 5 nitrogen and oxygen atoms in total. The summed E-state index contributed by atoms with van der Waals surface area (Å²) in [4.78, 5) is 26.4. The number of aromatic nitrogens is 1. The van der Waals surface area contributed by atoms with Crippen molar-refractivity contribution in [2.24, 2.45) is 5.92 Å². The molecule has 1 aromatic heterocycles. The Bertz CT molecular complexity index is 468. The lowest BCUT2D eigenvalue weighted by Gasteiger charge is -2.20. The summed E-state index contributed by atoms with van der Waals surface area (Å²) in [6.07, 6.45) is 7.82. The van der Waals surface area contributed by atoms with Crippen LogP contribution in [0.25, 0.3) is 0 Å². The first-order chi connectivity index (χ1) is 9.15. The van der Waals surface area contributed by atoms with Crippen LogP contribution in [0.15, 0.2) is 18.3 Å². The van der Waals surface area contributed by atoms with E-state index in [1.807, 2.05) is 0 Å². The van der Waals surface area contributed by atoms with Gasteiger partial charge in [-0.25, -0.2) is 9.78 Å². The molecule has 19 heavy (non-hydrogen) atoms. The fraction of sp³-hybridized carbons (Fsp3) is 0.500. The molecule has 5 heteroatoms. The fourth-order valence-electron chi connectivity index (χ4n) is 2.49. The van der Waals surface area contributed by atoms with Crippen LogP contribution in [-0.4, -0.2) is 22.0 Å². The van der Waals surface area contributed by atoms with Crippen molar-refractivity contribution >= 4 is 17.6 Å². The maximum atomic E-state index is 11.9. The van der Waals surface area contributed by atoms with Crippen molar-refractivity contribution in [1.82, 2.24) is 4.98 Å². The number of amides is 1. The highest BCUT2D eigenvalue weighted by Gasteiger charge is 2.17. The van der Waals surface area contributed by atoms with E-state index in [4.69, 9.17) is 5.11 Å². The van der Waals surface area contributed by atoms with Gasteiger partial charge in [0.1, 0.15) is 5.69 Å². The second-order valence-electron chi connectivity index (χ2n) is 4.99. The van der Waals surface area contributed by atoms with E-state index in [1.165, 1.54) is 31.5 Å². The van der Waals surface area contributed by atoms with E-state index in [2.05, 4.69) is 10.3 Å². The van der Waals surface area contributed by atoms with Crippen LogP contribution in [0.3, 0.4) is 0 Å². The van der Waals surface area contributed by atoms with E-state index < -0.39 is 5.97 Å². The Morgan fingerprint density at radius 1 is 1.32 bits per heavy atom. The Hall–Kier alpha value is -1.91. The van der Waals surface area contributed by atoms with Gasteiger partial charge < -0.3 is 10.4 Å². The number of rotatable bonds is 4. The second kappa shape index (κ2) is 6.31. The lowest BCUT2D eigenvalue weighted by Crippen LogP contribution is -2.18. The van der Waals surface area contributed by atoms with E-state index in [0.29, 0.717) is 18.0 Å². The van der Waals surface area contributed by atoms with Crippen LogP contribution in [0.2, 0.25) is 0 Å². The fourth-order valence-corrected chi connectivity index (χ4v) is 2.49. The Morgan fingerprint density at radius 2 is 2.05 bits per heavy atom. The molecule has 2 rings (SSSR count). The van der Waals surface area contributed by atoms with Gasteiger partial charge in [0.05, 0.1) is 0 Å². The van der Waals surface area contributed by atoms with Gasteiger partial charge in [0.15, 0.2) is 0 Å². The molecule has 0 spiro atoms. The summed E-state index contributed by atoms with van der Waals surface area (Å²) in [5.74, 6) is -0.674.